The number of aromatic hydroxyl groups is 1. The minimum atomic E-state index is -0.893. The molecule has 2 unspecified atom stereocenters. The third-order valence-corrected chi connectivity index (χ3v) is 6.70. The molecule has 1 aromatic carbocycles. The van der Waals surface area contributed by atoms with E-state index in [9.17, 15) is 15.3 Å². The second-order valence-electron chi connectivity index (χ2n) is 7.44. The van der Waals surface area contributed by atoms with Gasteiger partial charge in [-0.25, -0.2) is 0 Å². The van der Waals surface area contributed by atoms with Gasteiger partial charge >= 0.3 is 0 Å². The van der Waals surface area contributed by atoms with Crippen molar-refractivity contribution in [3.05, 3.63) is 23.3 Å². The van der Waals surface area contributed by atoms with Crippen LogP contribution in [0.5, 0.6) is 11.5 Å². The largest absolute Gasteiger partial charge is 0.504 e. The van der Waals surface area contributed by atoms with Gasteiger partial charge in [0.1, 0.15) is 6.10 Å². The van der Waals surface area contributed by atoms with Gasteiger partial charge in [-0.2, -0.15) is 0 Å². The molecular formula is C17H22ClNO4. The van der Waals surface area contributed by atoms with Crippen LogP contribution in [0.15, 0.2) is 12.1 Å². The zero-order valence-corrected chi connectivity index (χ0v) is 13.8. The lowest BCUT2D eigenvalue weighted by Gasteiger charge is -2.63. The number of rotatable bonds is 0. The van der Waals surface area contributed by atoms with Crippen LogP contribution in [0.4, 0.5) is 0 Å². The first kappa shape index (κ1) is 15.5. The van der Waals surface area contributed by atoms with E-state index >= 15 is 0 Å². The summed E-state index contributed by atoms with van der Waals surface area (Å²) in [4.78, 5) is 2.24. The molecule has 3 N–H and O–H groups in total. The maximum atomic E-state index is 11.7. The highest BCUT2D eigenvalue weighted by atomic mass is 35.5. The fourth-order valence-electron chi connectivity index (χ4n) is 5.73. The SMILES string of the molecule is CN1CC[C@]23c4c5ccc(O)c4O[C@H]2[C@@H](O)CCC3(O)C1C5.Cl. The van der Waals surface area contributed by atoms with E-state index in [1.165, 1.54) is 0 Å². The van der Waals surface area contributed by atoms with E-state index in [2.05, 4.69) is 11.9 Å². The first-order valence-corrected chi connectivity index (χ1v) is 8.12. The summed E-state index contributed by atoms with van der Waals surface area (Å²) >= 11 is 0. The van der Waals surface area contributed by atoms with Gasteiger partial charge in [0.05, 0.1) is 17.1 Å². The van der Waals surface area contributed by atoms with Gasteiger partial charge in [-0.3, -0.25) is 0 Å². The highest BCUT2D eigenvalue weighted by Crippen LogP contribution is 2.65. The van der Waals surface area contributed by atoms with Gasteiger partial charge in [-0.05, 0) is 50.9 Å². The smallest absolute Gasteiger partial charge is 0.165 e. The molecule has 0 amide bonds. The lowest BCUT2D eigenvalue weighted by atomic mass is 9.49. The number of hydrogen-bond donors (Lipinski definition) is 3. The molecule has 1 saturated heterocycles. The summed E-state index contributed by atoms with van der Waals surface area (Å²) in [5, 5.41) is 32.4. The monoisotopic (exact) mass is 339 g/mol. The van der Waals surface area contributed by atoms with E-state index in [0.29, 0.717) is 18.6 Å². The van der Waals surface area contributed by atoms with Gasteiger partial charge in [-0.1, -0.05) is 6.07 Å². The van der Waals surface area contributed by atoms with Crippen molar-refractivity contribution in [3.63, 3.8) is 0 Å². The average Bonchev–Trinajstić information content (AvgIpc) is 2.85. The number of likely N-dealkylation sites (N-methyl/N-ethyl adjacent to an activating group) is 1. The Morgan fingerprint density at radius 2 is 2.09 bits per heavy atom. The predicted molar refractivity (Wildman–Crippen MR) is 86.4 cm³/mol. The second kappa shape index (κ2) is 4.54. The van der Waals surface area contributed by atoms with Crippen molar-refractivity contribution in [2.45, 2.75) is 54.9 Å². The summed E-state index contributed by atoms with van der Waals surface area (Å²) in [6, 6.07) is 3.67. The van der Waals surface area contributed by atoms with Crippen molar-refractivity contribution in [3.8, 4) is 11.5 Å². The number of phenols is 1. The van der Waals surface area contributed by atoms with Gasteiger partial charge in [0, 0.05) is 11.6 Å². The Hall–Kier alpha value is -1.01. The van der Waals surface area contributed by atoms with E-state index in [1.807, 2.05) is 6.07 Å². The Bertz CT molecular complexity index is 683. The molecule has 126 valence electrons. The van der Waals surface area contributed by atoms with Crippen LogP contribution >= 0.6 is 12.4 Å². The number of phenolic OH excluding ortho intramolecular Hbond substituents is 1. The number of halogens is 1. The van der Waals surface area contributed by atoms with Crippen molar-refractivity contribution in [1.82, 2.24) is 4.90 Å². The van der Waals surface area contributed by atoms with Gasteiger partial charge in [0.25, 0.3) is 0 Å². The van der Waals surface area contributed by atoms with Gasteiger partial charge in [-0.15, -0.1) is 12.4 Å². The van der Waals surface area contributed by atoms with Gasteiger partial charge in [0.2, 0.25) is 0 Å². The summed E-state index contributed by atoms with van der Waals surface area (Å²) in [6.45, 7) is 0.869. The zero-order chi connectivity index (χ0) is 15.3. The Kier molecular flexibility index (Phi) is 3.06. The predicted octanol–water partition coefficient (Wildman–Crippen LogP) is 0.959. The summed E-state index contributed by atoms with van der Waals surface area (Å²) in [5.74, 6) is 0.610. The number of hydrogen-bond acceptors (Lipinski definition) is 5. The Labute approximate surface area is 141 Å². The lowest BCUT2D eigenvalue weighted by Crippen LogP contribution is -2.76. The van der Waals surface area contributed by atoms with Gasteiger partial charge in [0.15, 0.2) is 11.5 Å². The number of ether oxygens (including phenoxy) is 1. The summed E-state index contributed by atoms with van der Waals surface area (Å²) < 4.78 is 6.04. The molecule has 0 radical (unpaired) electrons. The maximum Gasteiger partial charge on any atom is 0.165 e. The molecule has 2 heterocycles. The van der Waals surface area contributed by atoms with Crippen LogP contribution < -0.4 is 4.74 Å². The fraction of sp³-hybridized carbons (Fsp3) is 0.647. The van der Waals surface area contributed by atoms with Crippen molar-refractivity contribution < 1.29 is 20.1 Å². The lowest BCUT2D eigenvalue weighted by molar-refractivity contribution is -0.204. The summed E-state index contributed by atoms with van der Waals surface area (Å²) in [5.41, 5.74) is 0.633. The summed E-state index contributed by atoms with van der Waals surface area (Å²) in [7, 11) is 2.07. The first-order valence-electron chi connectivity index (χ1n) is 8.12. The van der Waals surface area contributed by atoms with E-state index in [4.69, 9.17) is 4.74 Å². The molecule has 1 aromatic rings. The number of aliphatic hydroxyl groups is 2. The Morgan fingerprint density at radius 3 is 2.87 bits per heavy atom. The average molecular weight is 340 g/mol. The molecule has 4 aliphatic rings. The molecular weight excluding hydrogens is 318 g/mol. The minimum absolute atomic E-state index is 0. The number of benzene rings is 1. The quantitative estimate of drug-likeness (QED) is 0.656. The van der Waals surface area contributed by atoms with Crippen LogP contribution in [-0.2, 0) is 11.8 Å². The molecule has 2 fully saturated rings. The van der Waals surface area contributed by atoms with E-state index < -0.39 is 23.2 Å². The highest BCUT2D eigenvalue weighted by molar-refractivity contribution is 5.85. The molecule has 5 atom stereocenters. The molecule has 2 aliphatic carbocycles. The first-order chi connectivity index (χ1) is 10.5. The van der Waals surface area contributed by atoms with Crippen LogP contribution in [0.1, 0.15) is 30.4 Å². The molecule has 2 bridgehead atoms. The Balaban J connectivity index is 0.00000135. The molecule has 5 nitrogen and oxygen atoms in total. The molecule has 6 heteroatoms. The zero-order valence-electron chi connectivity index (χ0n) is 13.0. The molecule has 1 saturated carbocycles. The normalized spacial score (nSPS) is 43.3. The van der Waals surface area contributed by atoms with E-state index in [1.54, 1.807) is 6.07 Å². The van der Waals surface area contributed by atoms with Gasteiger partial charge < -0.3 is 25.0 Å². The highest BCUT2D eigenvalue weighted by Gasteiger charge is 2.72. The number of nitrogens with zero attached hydrogens (tertiary/aromatic N) is 1. The fourth-order valence-corrected chi connectivity index (χ4v) is 5.73. The second-order valence-corrected chi connectivity index (χ2v) is 7.44. The van der Waals surface area contributed by atoms with Crippen molar-refractivity contribution in [2.75, 3.05) is 13.6 Å². The van der Waals surface area contributed by atoms with Crippen LogP contribution in [0.2, 0.25) is 0 Å². The van der Waals surface area contributed by atoms with Crippen LogP contribution in [-0.4, -0.2) is 57.7 Å². The third kappa shape index (κ3) is 1.50. The van der Waals surface area contributed by atoms with Crippen molar-refractivity contribution >= 4 is 12.4 Å². The number of piperidine rings is 1. The van der Waals surface area contributed by atoms with Crippen molar-refractivity contribution in [2.24, 2.45) is 0 Å². The number of aliphatic hydroxyl groups excluding tert-OH is 1. The van der Waals surface area contributed by atoms with E-state index in [0.717, 1.165) is 30.5 Å². The third-order valence-electron chi connectivity index (χ3n) is 6.70. The van der Waals surface area contributed by atoms with Crippen LogP contribution in [0.25, 0.3) is 0 Å². The maximum absolute atomic E-state index is 11.7. The molecule has 0 aromatic heterocycles. The standard InChI is InChI=1S/C17H21NO4.ClH/c1-18-7-6-16-13-9-2-3-10(19)14(13)22-15(16)11(20)4-5-17(16,21)12(18)8-9;/h2-3,11-12,15,19-21H,4-8H2,1H3;1H/t11-,12?,15-,16-,17?;/m0./s1. The van der Waals surface area contributed by atoms with Crippen molar-refractivity contribution in [1.29, 1.82) is 0 Å². The molecule has 1 spiro atoms. The molecule has 5 rings (SSSR count). The topological polar surface area (TPSA) is 73.2 Å². The minimum Gasteiger partial charge on any atom is -0.504 e. The molecule has 23 heavy (non-hydrogen) atoms. The Morgan fingerprint density at radius 1 is 1.30 bits per heavy atom. The summed E-state index contributed by atoms with van der Waals surface area (Å²) in [6.07, 6.45) is 1.59. The van der Waals surface area contributed by atoms with Crippen LogP contribution in [0.3, 0.4) is 0 Å². The van der Waals surface area contributed by atoms with Crippen LogP contribution in [0, 0.1) is 0 Å². The van der Waals surface area contributed by atoms with E-state index in [-0.39, 0.29) is 24.2 Å². The number of likely N-dealkylation sites (tertiary alicyclic amines) is 1. The molecule has 2 aliphatic heterocycles.